The smallest absolute Gasteiger partial charge is 0.223 e. The van der Waals surface area contributed by atoms with Gasteiger partial charge in [-0.25, -0.2) is 9.98 Å². The first-order chi connectivity index (χ1) is 10.4. The van der Waals surface area contributed by atoms with Gasteiger partial charge in [-0.1, -0.05) is 48.5 Å². The van der Waals surface area contributed by atoms with Gasteiger partial charge in [-0.15, -0.1) is 0 Å². The van der Waals surface area contributed by atoms with Crippen molar-refractivity contribution in [1.29, 1.82) is 0 Å². The Labute approximate surface area is 122 Å². The van der Waals surface area contributed by atoms with Gasteiger partial charge in [0.15, 0.2) is 0 Å². The second-order valence-corrected chi connectivity index (χ2v) is 4.81. The SMILES string of the molecule is C1=NC(c2ccccc2)=C2N=C(c3ccccc3)OC2N1. The highest BCUT2D eigenvalue weighted by Gasteiger charge is 2.30. The van der Waals surface area contributed by atoms with E-state index in [9.17, 15) is 0 Å². The lowest BCUT2D eigenvalue weighted by atomic mass is 10.1. The Morgan fingerprint density at radius 3 is 2.24 bits per heavy atom. The molecule has 1 atom stereocenters. The Balaban J connectivity index is 1.80. The molecule has 4 rings (SSSR count). The third kappa shape index (κ3) is 2.10. The molecule has 2 aliphatic rings. The summed E-state index contributed by atoms with van der Waals surface area (Å²) < 4.78 is 5.89. The van der Waals surface area contributed by atoms with Crippen molar-refractivity contribution in [1.82, 2.24) is 5.32 Å². The number of rotatable bonds is 2. The molecular weight excluding hydrogens is 262 g/mol. The summed E-state index contributed by atoms with van der Waals surface area (Å²) in [7, 11) is 0. The maximum Gasteiger partial charge on any atom is 0.223 e. The van der Waals surface area contributed by atoms with Gasteiger partial charge >= 0.3 is 0 Å². The van der Waals surface area contributed by atoms with Crippen LogP contribution in [0.25, 0.3) is 5.70 Å². The van der Waals surface area contributed by atoms with Crippen molar-refractivity contribution in [2.24, 2.45) is 9.98 Å². The van der Waals surface area contributed by atoms with Gasteiger partial charge in [0, 0.05) is 11.1 Å². The van der Waals surface area contributed by atoms with Crippen molar-refractivity contribution in [3.05, 3.63) is 77.5 Å². The molecule has 1 unspecified atom stereocenters. The zero-order valence-electron chi connectivity index (χ0n) is 11.2. The van der Waals surface area contributed by atoms with Crippen LogP contribution >= 0.6 is 0 Å². The molecule has 102 valence electrons. The van der Waals surface area contributed by atoms with Crippen LogP contribution in [-0.2, 0) is 4.74 Å². The van der Waals surface area contributed by atoms with E-state index in [1.165, 1.54) is 0 Å². The highest BCUT2D eigenvalue weighted by Crippen LogP contribution is 2.30. The van der Waals surface area contributed by atoms with Crippen LogP contribution in [0.5, 0.6) is 0 Å². The predicted molar refractivity (Wildman–Crippen MR) is 82.8 cm³/mol. The highest BCUT2D eigenvalue weighted by atomic mass is 16.5. The van der Waals surface area contributed by atoms with E-state index in [4.69, 9.17) is 4.74 Å². The summed E-state index contributed by atoms with van der Waals surface area (Å²) in [5.74, 6) is 0.627. The van der Waals surface area contributed by atoms with E-state index in [0.717, 1.165) is 22.5 Å². The van der Waals surface area contributed by atoms with Crippen LogP contribution in [0, 0.1) is 0 Å². The zero-order chi connectivity index (χ0) is 14.1. The summed E-state index contributed by atoms with van der Waals surface area (Å²) in [4.78, 5) is 9.06. The van der Waals surface area contributed by atoms with E-state index in [0.29, 0.717) is 5.90 Å². The molecule has 2 aromatic rings. The molecule has 4 heteroatoms. The third-order valence-corrected chi connectivity index (χ3v) is 3.43. The van der Waals surface area contributed by atoms with Crippen LogP contribution in [-0.4, -0.2) is 18.5 Å². The normalized spacial score (nSPS) is 19.6. The largest absolute Gasteiger partial charge is 0.447 e. The molecule has 0 aliphatic carbocycles. The molecule has 0 spiro atoms. The molecule has 21 heavy (non-hydrogen) atoms. The summed E-state index contributed by atoms with van der Waals surface area (Å²) in [6.07, 6.45) is 1.40. The maximum absolute atomic E-state index is 5.89. The quantitative estimate of drug-likeness (QED) is 0.916. The monoisotopic (exact) mass is 275 g/mol. The van der Waals surface area contributed by atoms with E-state index in [1.54, 1.807) is 6.34 Å². The van der Waals surface area contributed by atoms with Crippen LogP contribution in [0.3, 0.4) is 0 Å². The number of benzene rings is 2. The van der Waals surface area contributed by atoms with Crippen LogP contribution < -0.4 is 5.32 Å². The van der Waals surface area contributed by atoms with Gasteiger partial charge in [0.1, 0.15) is 5.70 Å². The summed E-state index contributed by atoms with van der Waals surface area (Å²) in [6, 6.07) is 19.9. The zero-order valence-corrected chi connectivity index (χ0v) is 11.2. The maximum atomic E-state index is 5.89. The van der Waals surface area contributed by atoms with E-state index in [1.807, 2.05) is 60.7 Å². The lowest BCUT2D eigenvalue weighted by Gasteiger charge is -2.17. The van der Waals surface area contributed by atoms with Crippen LogP contribution in [0.1, 0.15) is 11.1 Å². The average Bonchev–Trinajstić information content (AvgIpc) is 3.00. The van der Waals surface area contributed by atoms with Gasteiger partial charge in [0.2, 0.25) is 12.1 Å². The molecule has 0 aromatic heterocycles. The highest BCUT2D eigenvalue weighted by molar-refractivity contribution is 5.98. The minimum absolute atomic E-state index is 0.270. The lowest BCUT2D eigenvalue weighted by molar-refractivity contribution is 0.231. The topological polar surface area (TPSA) is 46.0 Å². The molecule has 0 saturated heterocycles. The van der Waals surface area contributed by atoms with Gasteiger partial charge in [-0.2, -0.15) is 0 Å². The number of nitrogens with zero attached hydrogens (tertiary/aromatic N) is 2. The van der Waals surface area contributed by atoms with Crippen LogP contribution in [0.15, 0.2) is 76.3 Å². The Morgan fingerprint density at radius 2 is 1.52 bits per heavy atom. The number of hydrogen-bond donors (Lipinski definition) is 1. The van der Waals surface area contributed by atoms with Gasteiger partial charge in [-0.3, -0.25) is 0 Å². The fraction of sp³-hybridized carbons (Fsp3) is 0.0588. The minimum Gasteiger partial charge on any atom is -0.447 e. The molecule has 0 fully saturated rings. The average molecular weight is 275 g/mol. The molecule has 0 saturated carbocycles. The fourth-order valence-corrected chi connectivity index (χ4v) is 2.42. The second kappa shape index (κ2) is 4.90. The lowest BCUT2D eigenvalue weighted by Crippen LogP contribution is -2.32. The Morgan fingerprint density at radius 1 is 0.857 bits per heavy atom. The molecule has 2 heterocycles. The summed E-state index contributed by atoms with van der Waals surface area (Å²) in [5, 5.41) is 3.09. The minimum atomic E-state index is -0.270. The van der Waals surface area contributed by atoms with Gasteiger partial charge < -0.3 is 10.1 Å². The van der Waals surface area contributed by atoms with E-state index >= 15 is 0 Å². The molecule has 0 radical (unpaired) electrons. The van der Waals surface area contributed by atoms with Crippen molar-refractivity contribution < 1.29 is 4.74 Å². The van der Waals surface area contributed by atoms with Gasteiger partial charge in [0.05, 0.1) is 12.0 Å². The first kappa shape index (κ1) is 11.9. The van der Waals surface area contributed by atoms with E-state index < -0.39 is 0 Å². The van der Waals surface area contributed by atoms with Gasteiger partial charge in [0.25, 0.3) is 0 Å². The van der Waals surface area contributed by atoms with Crippen LogP contribution in [0.2, 0.25) is 0 Å². The van der Waals surface area contributed by atoms with Crippen molar-refractivity contribution in [3.8, 4) is 0 Å². The third-order valence-electron chi connectivity index (χ3n) is 3.43. The molecular formula is C17H13N3O. The molecule has 0 amide bonds. The van der Waals surface area contributed by atoms with Gasteiger partial charge in [-0.05, 0) is 12.1 Å². The Hall–Kier alpha value is -2.88. The molecule has 2 aromatic carbocycles. The van der Waals surface area contributed by atoms with Crippen molar-refractivity contribution in [3.63, 3.8) is 0 Å². The number of hydrogen-bond acceptors (Lipinski definition) is 4. The van der Waals surface area contributed by atoms with E-state index in [-0.39, 0.29) is 6.23 Å². The number of nitrogens with one attached hydrogen (secondary N) is 1. The molecule has 4 nitrogen and oxygen atoms in total. The molecule has 1 N–H and O–H groups in total. The number of ether oxygens (including phenoxy) is 1. The van der Waals surface area contributed by atoms with Crippen molar-refractivity contribution >= 4 is 17.9 Å². The molecule has 2 aliphatic heterocycles. The van der Waals surface area contributed by atoms with Crippen LogP contribution in [0.4, 0.5) is 0 Å². The Bertz CT molecular complexity index is 748. The Kier molecular flexibility index (Phi) is 2.78. The standard InChI is InChI=1S/C17H13N3O/c1-3-7-12(8-4-1)14-15-17(19-11-18-14)21-16(20-15)13-9-5-2-6-10-13/h1-11,17H,(H,18,19). The predicted octanol–water partition coefficient (Wildman–Crippen LogP) is 2.79. The van der Waals surface area contributed by atoms with Crippen molar-refractivity contribution in [2.75, 3.05) is 0 Å². The van der Waals surface area contributed by atoms with Crippen molar-refractivity contribution in [2.45, 2.75) is 6.23 Å². The first-order valence-corrected chi connectivity index (χ1v) is 6.81. The summed E-state index contributed by atoms with van der Waals surface area (Å²) in [5.41, 5.74) is 3.68. The fourth-order valence-electron chi connectivity index (χ4n) is 2.42. The summed E-state index contributed by atoms with van der Waals surface area (Å²) in [6.45, 7) is 0. The van der Waals surface area contributed by atoms with E-state index in [2.05, 4.69) is 15.3 Å². The molecule has 0 bridgehead atoms. The first-order valence-electron chi connectivity index (χ1n) is 6.81. The number of aliphatic imine (C=N–C) groups is 2. The number of fused-ring (bicyclic) bond motifs is 1. The summed E-state index contributed by atoms with van der Waals surface area (Å²) >= 11 is 0. The second-order valence-electron chi connectivity index (χ2n) is 4.81.